The summed E-state index contributed by atoms with van der Waals surface area (Å²) in [6.45, 7) is 7.00. The Balaban J connectivity index is 1.69. The van der Waals surface area contributed by atoms with E-state index in [4.69, 9.17) is 9.47 Å². The third-order valence-corrected chi connectivity index (χ3v) is 11.2. The molecule has 0 aromatic heterocycles. The molecule has 6 unspecified atom stereocenters. The molecule has 1 aromatic carbocycles. The summed E-state index contributed by atoms with van der Waals surface area (Å²) in [7, 11) is 10.9. The normalized spacial score (nSPS) is 20.4. The number of methoxy groups -OCH3 is 2. The van der Waals surface area contributed by atoms with Crippen molar-refractivity contribution in [2.45, 2.75) is 108 Å². The number of rotatable bonds is 18. The molecule has 1 aliphatic carbocycles. The maximum absolute atomic E-state index is 14.0. The van der Waals surface area contributed by atoms with E-state index in [2.05, 4.69) is 18.7 Å². The number of nitro groups is 1. The second-order valence-corrected chi connectivity index (χ2v) is 14.2. The predicted octanol–water partition coefficient (Wildman–Crippen LogP) is 4.39. The smallest absolute Gasteiger partial charge is 0.269 e. The van der Waals surface area contributed by atoms with E-state index in [1.54, 1.807) is 32.2 Å². The number of benzene rings is 1. The van der Waals surface area contributed by atoms with Gasteiger partial charge in [0.15, 0.2) is 0 Å². The summed E-state index contributed by atoms with van der Waals surface area (Å²) >= 11 is 0. The van der Waals surface area contributed by atoms with Gasteiger partial charge in [0.2, 0.25) is 17.7 Å². The summed E-state index contributed by atoms with van der Waals surface area (Å²) in [4.78, 5) is 59.5. The molecule has 1 heterocycles. The molecule has 2 aliphatic rings. The number of hydrogen-bond acceptors (Lipinski definition) is 8. The van der Waals surface area contributed by atoms with Crippen LogP contribution in [0.1, 0.15) is 77.7 Å². The highest BCUT2D eigenvalue weighted by atomic mass is 16.6. The van der Waals surface area contributed by atoms with Crippen molar-refractivity contribution in [2.75, 3.05) is 55.5 Å². The van der Waals surface area contributed by atoms with Gasteiger partial charge in [-0.15, -0.1) is 0 Å². The first-order chi connectivity index (χ1) is 22.7. The first-order valence-corrected chi connectivity index (χ1v) is 17.5. The number of nitro benzene ring substituents is 1. The number of ether oxygens (including phenoxy) is 2. The Kier molecular flexibility index (Phi) is 14.4. The van der Waals surface area contributed by atoms with Gasteiger partial charge < -0.3 is 29.1 Å². The number of nitrogens with zero attached hydrogens (tertiary/aromatic N) is 5. The van der Waals surface area contributed by atoms with Crippen molar-refractivity contribution in [3.8, 4) is 0 Å². The third-order valence-electron chi connectivity index (χ3n) is 11.2. The molecule has 0 radical (unpaired) electrons. The van der Waals surface area contributed by atoms with Crippen LogP contribution in [0.5, 0.6) is 0 Å². The molecule has 1 saturated heterocycles. The minimum Gasteiger partial charge on any atom is -0.379 e. The van der Waals surface area contributed by atoms with Crippen molar-refractivity contribution < 1.29 is 28.8 Å². The van der Waals surface area contributed by atoms with E-state index in [0.29, 0.717) is 25.9 Å². The topological polar surface area (TPSA) is 126 Å². The molecule has 3 amide bonds. The first-order valence-electron chi connectivity index (χ1n) is 17.5. The molecular formula is C36H59N5O7. The zero-order chi connectivity index (χ0) is 35.8. The summed E-state index contributed by atoms with van der Waals surface area (Å²) in [6.07, 6.45) is 5.55. The first kappa shape index (κ1) is 39.3. The lowest BCUT2D eigenvalue weighted by Crippen LogP contribution is -2.56. The van der Waals surface area contributed by atoms with Crippen LogP contribution in [-0.4, -0.2) is 128 Å². The van der Waals surface area contributed by atoms with E-state index < -0.39 is 23.0 Å². The minimum atomic E-state index is -0.520. The third kappa shape index (κ3) is 9.12. The van der Waals surface area contributed by atoms with Crippen LogP contribution in [-0.2, 0) is 30.3 Å². The summed E-state index contributed by atoms with van der Waals surface area (Å²) in [5.41, 5.74) is 0.700. The molecule has 0 N–H and O–H groups in total. The Hall–Kier alpha value is -3.09. The molecule has 270 valence electrons. The lowest BCUT2D eigenvalue weighted by Gasteiger charge is -2.48. The molecule has 12 heteroatoms. The molecule has 3 rings (SSSR count). The summed E-state index contributed by atoms with van der Waals surface area (Å²) < 4.78 is 11.9. The summed E-state index contributed by atoms with van der Waals surface area (Å²) in [6, 6.07) is 5.90. The van der Waals surface area contributed by atoms with Gasteiger partial charge in [0.25, 0.3) is 5.69 Å². The fraction of sp³-hybridized carbons (Fsp3) is 0.750. The van der Waals surface area contributed by atoms with E-state index in [9.17, 15) is 24.5 Å². The highest BCUT2D eigenvalue weighted by Gasteiger charge is 2.45. The standard InChI is InChI=1S/C36H59N5O7/c1-10-25(2)33(39(7)32(43)24-36(37(4)5)18-13-19-36)30(47-8)23-31(42)40-20-12-16-29(40)34(48-9)26(3)35(44)38(6)21-17-27-14-11-15-28(22-27)41(45)46/h11,14-15,22,25-26,29-30,33-34H,10,12-13,16-21,23-24H2,1-9H3. The van der Waals surface area contributed by atoms with Crippen LogP contribution in [0.3, 0.4) is 0 Å². The number of non-ortho nitro benzene ring substituents is 1. The quantitative estimate of drug-likeness (QED) is 0.166. The summed E-state index contributed by atoms with van der Waals surface area (Å²) in [5, 5.41) is 11.2. The van der Waals surface area contributed by atoms with Crippen molar-refractivity contribution in [3.05, 3.63) is 39.9 Å². The fourth-order valence-corrected chi connectivity index (χ4v) is 7.67. The minimum absolute atomic E-state index is 0.0242. The maximum atomic E-state index is 14.0. The fourth-order valence-electron chi connectivity index (χ4n) is 7.67. The molecule has 12 nitrogen and oxygen atoms in total. The second-order valence-electron chi connectivity index (χ2n) is 14.2. The van der Waals surface area contributed by atoms with Crippen molar-refractivity contribution in [3.63, 3.8) is 0 Å². The van der Waals surface area contributed by atoms with Crippen LogP contribution in [0.4, 0.5) is 5.69 Å². The average Bonchev–Trinajstić information content (AvgIpc) is 3.54. The van der Waals surface area contributed by atoms with Crippen LogP contribution in [0, 0.1) is 22.0 Å². The highest BCUT2D eigenvalue weighted by Crippen LogP contribution is 2.40. The van der Waals surface area contributed by atoms with Gasteiger partial charge in [0.1, 0.15) is 0 Å². The van der Waals surface area contributed by atoms with Gasteiger partial charge in [-0.1, -0.05) is 39.3 Å². The lowest BCUT2D eigenvalue weighted by molar-refractivity contribution is -0.384. The van der Waals surface area contributed by atoms with Crippen molar-refractivity contribution in [1.29, 1.82) is 0 Å². The second kappa shape index (κ2) is 17.5. The predicted molar refractivity (Wildman–Crippen MR) is 185 cm³/mol. The van der Waals surface area contributed by atoms with E-state index in [-0.39, 0.29) is 53.4 Å². The molecule has 6 atom stereocenters. The highest BCUT2D eigenvalue weighted by molar-refractivity contribution is 5.81. The maximum Gasteiger partial charge on any atom is 0.269 e. The molecule has 1 aliphatic heterocycles. The molecule has 1 aromatic rings. The van der Waals surface area contributed by atoms with E-state index in [0.717, 1.165) is 44.1 Å². The number of likely N-dealkylation sites (tertiary alicyclic amines) is 1. The van der Waals surface area contributed by atoms with Gasteiger partial charge in [0.05, 0.1) is 41.6 Å². The van der Waals surface area contributed by atoms with Crippen LogP contribution in [0.2, 0.25) is 0 Å². The Morgan fingerprint density at radius 1 is 1.08 bits per heavy atom. The van der Waals surface area contributed by atoms with E-state index in [1.165, 1.54) is 12.1 Å². The van der Waals surface area contributed by atoms with E-state index in [1.807, 2.05) is 43.9 Å². The number of carbonyl (C=O) groups excluding carboxylic acids is 3. The largest absolute Gasteiger partial charge is 0.379 e. The molecular weight excluding hydrogens is 614 g/mol. The van der Waals surface area contributed by atoms with E-state index >= 15 is 0 Å². The van der Waals surface area contributed by atoms with Crippen LogP contribution >= 0.6 is 0 Å². The average molecular weight is 674 g/mol. The lowest BCUT2D eigenvalue weighted by atomic mass is 9.73. The number of carbonyl (C=O) groups is 3. The Labute approximate surface area is 287 Å². The molecule has 2 fully saturated rings. The van der Waals surface area contributed by atoms with Gasteiger partial charge >= 0.3 is 0 Å². The Morgan fingerprint density at radius 2 is 1.77 bits per heavy atom. The number of amides is 3. The van der Waals surface area contributed by atoms with Crippen molar-refractivity contribution in [1.82, 2.24) is 19.6 Å². The van der Waals surface area contributed by atoms with Gasteiger partial charge in [0, 0.05) is 65.5 Å². The van der Waals surface area contributed by atoms with Crippen LogP contribution in [0.15, 0.2) is 24.3 Å². The molecule has 0 spiro atoms. The van der Waals surface area contributed by atoms with Gasteiger partial charge in [-0.2, -0.15) is 0 Å². The monoisotopic (exact) mass is 673 g/mol. The zero-order valence-electron chi connectivity index (χ0n) is 30.6. The Bertz CT molecular complexity index is 1250. The number of hydrogen-bond donors (Lipinski definition) is 0. The summed E-state index contributed by atoms with van der Waals surface area (Å²) in [5.74, 6) is -0.509. The van der Waals surface area contributed by atoms with Gasteiger partial charge in [-0.3, -0.25) is 24.5 Å². The van der Waals surface area contributed by atoms with Gasteiger partial charge in [-0.05, 0) is 64.1 Å². The van der Waals surface area contributed by atoms with Crippen LogP contribution < -0.4 is 0 Å². The van der Waals surface area contributed by atoms with Crippen LogP contribution in [0.25, 0.3) is 0 Å². The Morgan fingerprint density at radius 3 is 2.31 bits per heavy atom. The molecule has 48 heavy (non-hydrogen) atoms. The zero-order valence-corrected chi connectivity index (χ0v) is 30.6. The van der Waals surface area contributed by atoms with Gasteiger partial charge in [-0.25, -0.2) is 0 Å². The van der Waals surface area contributed by atoms with Crippen molar-refractivity contribution >= 4 is 23.4 Å². The van der Waals surface area contributed by atoms with Crippen molar-refractivity contribution in [2.24, 2.45) is 11.8 Å². The molecule has 0 bridgehead atoms. The number of likely N-dealkylation sites (N-methyl/N-ethyl adjacent to an activating group) is 2. The SMILES string of the molecule is CCC(C)C(C(CC(=O)N1CCCC1C(OC)C(C)C(=O)N(C)CCc1cccc([N+](=O)[O-])c1)OC)N(C)C(=O)CC1(N(C)C)CCC1. The molecule has 1 saturated carbocycles.